The van der Waals surface area contributed by atoms with E-state index in [9.17, 15) is 4.39 Å². The first kappa shape index (κ1) is 13.1. The van der Waals surface area contributed by atoms with Crippen LogP contribution in [-0.4, -0.2) is 35.6 Å². The van der Waals surface area contributed by atoms with Gasteiger partial charge in [0.2, 0.25) is 5.95 Å². The summed E-state index contributed by atoms with van der Waals surface area (Å²) < 4.78 is 19.5. The number of hydrogen-bond donors (Lipinski definition) is 2. The molecule has 0 amide bonds. The van der Waals surface area contributed by atoms with Gasteiger partial charge in [0.1, 0.15) is 16.9 Å². The molecule has 0 spiro atoms. The Morgan fingerprint density at radius 1 is 1.30 bits per heavy atom. The van der Waals surface area contributed by atoms with Crippen molar-refractivity contribution in [3.63, 3.8) is 0 Å². The second-order valence-electron chi connectivity index (χ2n) is 6.34. The van der Waals surface area contributed by atoms with Gasteiger partial charge in [-0.2, -0.15) is 4.98 Å². The largest absolute Gasteiger partial charge is 0.450 e. The van der Waals surface area contributed by atoms with Crippen LogP contribution in [0.3, 0.4) is 0 Å². The van der Waals surface area contributed by atoms with Crippen LogP contribution in [0.1, 0.15) is 6.42 Å². The zero-order valence-electron chi connectivity index (χ0n) is 12.4. The van der Waals surface area contributed by atoms with Gasteiger partial charge in [-0.15, -0.1) is 0 Å². The molecule has 0 radical (unpaired) electrons. The maximum absolute atomic E-state index is 13.6. The summed E-state index contributed by atoms with van der Waals surface area (Å²) in [5.41, 5.74) is 7.65. The summed E-state index contributed by atoms with van der Waals surface area (Å²) >= 11 is 0. The number of benzene rings is 1. The topological polar surface area (TPSA) is 80.2 Å². The number of nitrogens with zero attached hydrogens (tertiary/aromatic N) is 3. The molecular formula is C16H16FN5O. The Labute approximate surface area is 131 Å². The number of aromatic nitrogens is 2. The van der Waals surface area contributed by atoms with E-state index in [1.165, 1.54) is 18.6 Å². The summed E-state index contributed by atoms with van der Waals surface area (Å²) in [5.74, 6) is 1.20. The lowest BCUT2D eigenvalue weighted by Gasteiger charge is -2.18. The molecule has 5 rings (SSSR count). The maximum Gasteiger partial charge on any atom is 0.222 e. The summed E-state index contributed by atoms with van der Waals surface area (Å²) in [6, 6.07) is 4.92. The van der Waals surface area contributed by atoms with Crippen LogP contribution in [0.4, 0.5) is 16.2 Å². The highest BCUT2D eigenvalue weighted by Gasteiger charge is 2.37. The molecule has 0 bridgehead atoms. The molecule has 2 aromatic heterocycles. The molecule has 0 aliphatic carbocycles. The third-order valence-electron chi connectivity index (χ3n) is 4.94. The minimum atomic E-state index is -0.321. The second kappa shape index (κ2) is 4.55. The van der Waals surface area contributed by atoms with Crippen LogP contribution >= 0.6 is 0 Å². The highest BCUT2D eigenvalue weighted by atomic mass is 19.1. The number of nitrogens with two attached hydrogens (primary N) is 1. The molecular weight excluding hydrogens is 297 g/mol. The van der Waals surface area contributed by atoms with Gasteiger partial charge in [0.05, 0.1) is 0 Å². The fourth-order valence-electron chi connectivity index (χ4n) is 3.85. The average molecular weight is 313 g/mol. The van der Waals surface area contributed by atoms with Crippen LogP contribution in [0.5, 0.6) is 0 Å². The van der Waals surface area contributed by atoms with Gasteiger partial charge in [-0.25, -0.2) is 9.37 Å². The predicted octanol–water partition coefficient (Wildman–Crippen LogP) is 1.90. The SMILES string of the molecule is Nc1nc(N2CC3CCNC3C2)c2oc3ccc(F)cc3c2n1. The van der Waals surface area contributed by atoms with Gasteiger partial charge < -0.3 is 20.4 Å². The number of nitrogens with one attached hydrogen (secondary N) is 1. The Morgan fingerprint density at radius 2 is 2.22 bits per heavy atom. The van der Waals surface area contributed by atoms with E-state index in [0.29, 0.717) is 39.8 Å². The van der Waals surface area contributed by atoms with Gasteiger partial charge in [-0.1, -0.05) is 0 Å². The molecule has 2 unspecified atom stereocenters. The van der Waals surface area contributed by atoms with E-state index < -0.39 is 0 Å². The first-order valence-corrected chi connectivity index (χ1v) is 7.82. The van der Waals surface area contributed by atoms with Gasteiger partial charge in [0.15, 0.2) is 11.4 Å². The fraction of sp³-hybridized carbons (Fsp3) is 0.375. The molecule has 4 heterocycles. The van der Waals surface area contributed by atoms with E-state index in [4.69, 9.17) is 10.2 Å². The highest BCUT2D eigenvalue weighted by Crippen LogP contribution is 2.36. The normalized spacial score (nSPS) is 24.0. The van der Waals surface area contributed by atoms with E-state index in [1.807, 2.05) is 0 Å². The van der Waals surface area contributed by atoms with Crippen molar-refractivity contribution in [2.45, 2.75) is 12.5 Å². The Morgan fingerprint density at radius 3 is 3.09 bits per heavy atom. The molecule has 3 N–H and O–H groups in total. The Hall–Kier alpha value is -2.41. The number of halogens is 1. The van der Waals surface area contributed by atoms with E-state index in [-0.39, 0.29) is 11.8 Å². The smallest absolute Gasteiger partial charge is 0.222 e. The van der Waals surface area contributed by atoms with Crippen molar-refractivity contribution < 1.29 is 8.81 Å². The molecule has 118 valence electrons. The van der Waals surface area contributed by atoms with Gasteiger partial charge in [-0.3, -0.25) is 0 Å². The minimum absolute atomic E-state index is 0.185. The third kappa shape index (κ3) is 1.89. The molecule has 1 aromatic carbocycles. The van der Waals surface area contributed by atoms with Crippen LogP contribution in [-0.2, 0) is 0 Å². The zero-order valence-corrected chi connectivity index (χ0v) is 12.4. The average Bonchev–Trinajstić information content (AvgIpc) is 3.19. The van der Waals surface area contributed by atoms with E-state index >= 15 is 0 Å². The van der Waals surface area contributed by atoms with Crippen LogP contribution < -0.4 is 16.0 Å². The van der Waals surface area contributed by atoms with Crippen molar-refractivity contribution in [2.24, 2.45) is 5.92 Å². The number of furan rings is 1. The van der Waals surface area contributed by atoms with Crippen molar-refractivity contribution >= 4 is 33.8 Å². The molecule has 7 heteroatoms. The number of fused-ring (bicyclic) bond motifs is 4. The molecule has 0 saturated carbocycles. The van der Waals surface area contributed by atoms with Gasteiger partial charge in [0.25, 0.3) is 0 Å². The van der Waals surface area contributed by atoms with E-state index in [2.05, 4.69) is 20.2 Å². The quantitative estimate of drug-likeness (QED) is 0.714. The van der Waals surface area contributed by atoms with E-state index in [0.717, 1.165) is 19.6 Å². The molecule has 6 nitrogen and oxygen atoms in total. The fourth-order valence-corrected chi connectivity index (χ4v) is 3.85. The number of anilines is 2. The Kier molecular flexibility index (Phi) is 2.58. The predicted molar refractivity (Wildman–Crippen MR) is 85.8 cm³/mol. The summed E-state index contributed by atoms with van der Waals surface area (Å²) in [6.45, 7) is 2.88. The van der Waals surface area contributed by atoms with Crippen LogP contribution in [0, 0.1) is 11.7 Å². The summed E-state index contributed by atoms with van der Waals surface area (Å²) in [7, 11) is 0. The third-order valence-corrected chi connectivity index (χ3v) is 4.94. The number of rotatable bonds is 1. The van der Waals surface area contributed by atoms with Crippen molar-refractivity contribution in [2.75, 3.05) is 30.3 Å². The van der Waals surface area contributed by atoms with Crippen molar-refractivity contribution in [1.82, 2.24) is 15.3 Å². The van der Waals surface area contributed by atoms with Crippen LogP contribution in [0.25, 0.3) is 22.1 Å². The second-order valence-corrected chi connectivity index (χ2v) is 6.34. The molecule has 2 fully saturated rings. The molecule has 23 heavy (non-hydrogen) atoms. The van der Waals surface area contributed by atoms with Gasteiger partial charge in [0, 0.05) is 24.5 Å². The maximum atomic E-state index is 13.6. The van der Waals surface area contributed by atoms with Gasteiger partial charge in [-0.05, 0) is 37.1 Å². The summed E-state index contributed by atoms with van der Waals surface area (Å²) in [6.07, 6.45) is 1.18. The van der Waals surface area contributed by atoms with Crippen molar-refractivity contribution in [3.8, 4) is 0 Å². The monoisotopic (exact) mass is 313 g/mol. The Balaban J connectivity index is 1.70. The standard InChI is InChI=1S/C16H16FN5O/c17-9-1-2-12-10(5-9)13-14(23-12)15(21-16(18)20-13)22-6-8-3-4-19-11(8)7-22/h1-2,5,8,11,19H,3-4,6-7H2,(H2,18,20,21). The lowest BCUT2D eigenvalue weighted by atomic mass is 10.1. The first-order valence-electron chi connectivity index (χ1n) is 7.82. The van der Waals surface area contributed by atoms with Crippen molar-refractivity contribution in [3.05, 3.63) is 24.0 Å². The molecule has 3 aromatic rings. The summed E-state index contributed by atoms with van der Waals surface area (Å²) in [4.78, 5) is 10.9. The van der Waals surface area contributed by atoms with Gasteiger partial charge >= 0.3 is 0 Å². The van der Waals surface area contributed by atoms with Crippen LogP contribution in [0.15, 0.2) is 22.6 Å². The lowest BCUT2D eigenvalue weighted by Crippen LogP contribution is -2.30. The lowest BCUT2D eigenvalue weighted by molar-refractivity contribution is 0.556. The Bertz CT molecular complexity index is 912. The minimum Gasteiger partial charge on any atom is -0.450 e. The zero-order chi connectivity index (χ0) is 15.6. The molecule has 2 saturated heterocycles. The number of nitrogen functional groups attached to an aromatic ring is 1. The van der Waals surface area contributed by atoms with Crippen molar-refractivity contribution in [1.29, 1.82) is 0 Å². The number of hydrogen-bond acceptors (Lipinski definition) is 6. The highest BCUT2D eigenvalue weighted by molar-refractivity contribution is 6.06. The molecule has 2 atom stereocenters. The molecule has 2 aliphatic rings. The van der Waals surface area contributed by atoms with E-state index in [1.54, 1.807) is 6.07 Å². The summed E-state index contributed by atoms with van der Waals surface area (Å²) in [5, 5.41) is 4.15. The first-order chi connectivity index (χ1) is 11.2. The molecule has 2 aliphatic heterocycles. The van der Waals surface area contributed by atoms with Crippen LogP contribution in [0.2, 0.25) is 0 Å².